The van der Waals surface area contributed by atoms with E-state index in [1.807, 2.05) is 6.92 Å². The summed E-state index contributed by atoms with van der Waals surface area (Å²) in [6.45, 7) is 13.6. The topological polar surface area (TPSA) is 120 Å². The number of aliphatic imine (C=N–C) groups is 1. The zero-order chi connectivity index (χ0) is 36.7. The summed E-state index contributed by atoms with van der Waals surface area (Å²) in [7, 11) is 4.12. The van der Waals surface area contributed by atoms with Crippen LogP contribution in [-0.4, -0.2) is 65.7 Å². The van der Waals surface area contributed by atoms with Crippen molar-refractivity contribution in [3.05, 3.63) is 57.5 Å². The number of fused-ring (bicyclic) bond motifs is 2. The number of likely N-dealkylation sites (N-methyl/N-ethyl adjacent to an activating group) is 1. The van der Waals surface area contributed by atoms with E-state index < -0.39 is 17.7 Å². The summed E-state index contributed by atoms with van der Waals surface area (Å²) in [6, 6.07) is 1.84. The van der Waals surface area contributed by atoms with E-state index >= 15 is 4.39 Å². The summed E-state index contributed by atoms with van der Waals surface area (Å²) < 4.78 is 37.9. The molecule has 2 aliphatic rings. The SMILES string of the molecule is CCC/C=C(/NC(=NC(CCC)C(C)=O)c1c(C)c(F)c(-c2ncc(F)c3sc(N)c(C#N)c23)c2c1COC2)N1CC(N(C)C)C1.CCCC. The first-order chi connectivity index (χ1) is 23.9. The van der Waals surface area contributed by atoms with Crippen molar-refractivity contribution in [2.75, 3.05) is 32.9 Å². The number of ether oxygens (including phenoxy) is 1. The van der Waals surface area contributed by atoms with Crippen LogP contribution in [0.25, 0.3) is 21.3 Å². The maximum atomic E-state index is 16.9. The molecule has 0 amide bonds. The highest BCUT2D eigenvalue weighted by molar-refractivity contribution is 7.23. The van der Waals surface area contributed by atoms with Crippen molar-refractivity contribution < 1.29 is 18.3 Å². The van der Waals surface area contributed by atoms with Gasteiger partial charge in [0.2, 0.25) is 0 Å². The summed E-state index contributed by atoms with van der Waals surface area (Å²) >= 11 is 0.941. The molecule has 1 fully saturated rings. The molecule has 1 unspecified atom stereocenters. The van der Waals surface area contributed by atoms with E-state index in [9.17, 15) is 14.4 Å². The van der Waals surface area contributed by atoms with Crippen LogP contribution >= 0.6 is 11.3 Å². The van der Waals surface area contributed by atoms with Gasteiger partial charge in [0.1, 0.15) is 34.6 Å². The molecule has 2 aromatic heterocycles. The predicted molar refractivity (Wildman–Crippen MR) is 199 cm³/mol. The van der Waals surface area contributed by atoms with E-state index in [0.29, 0.717) is 35.0 Å². The number of anilines is 1. The molecule has 1 aromatic carbocycles. The normalized spacial score (nSPS) is 15.4. The van der Waals surface area contributed by atoms with E-state index in [1.165, 1.54) is 19.8 Å². The number of aromatic nitrogens is 1. The number of hydrogen-bond donors (Lipinski definition) is 2. The molecule has 12 heteroatoms. The molecule has 9 nitrogen and oxygen atoms in total. The maximum absolute atomic E-state index is 16.9. The zero-order valence-electron chi connectivity index (χ0n) is 30.7. The second kappa shape index (κ2) is 17.3. The molecule has 3 aromatic rings. The number of nitrogens with zero attached hydrogens (tertiary/aromatic N) is 5. The third kappa shape index (κ3) is 8.01. The van der Waals surface area contributed by atoms with E-state index in [2.05, 4.69) is 67.1 Å². The number of ketones is 1. The van der Waals surface area contributed by atoms with Gasteiger partial charge >= 0.3 is 0 Å². The molecule has 0 spiro atoms. The number of thiophene rings is 1. The number of carbonyl (C=O) groups excluding carboxylic acids is 1. The molecular weight excluding hydrogens is 657 g/mol. The zero-order valence-corrected chi connectivity index (χ0v) is 31.5. The number of nitrogens with one attached hydrogen (secondary N) is 1. The van der Waals surface area contributed by atoms with Crippen molar-refractivity contribution in [3.8, 4) is 17.3 Å². The minimum absolute atomic E-state index is 0.0693. The Morgan fingerprint density at radius 2 is 1.88 bits per heavy atom. The third-order valence-corrected chi connectivity index (χ3v) is 10.3. The monoisotopic (exact) mass is 707 g/mol. The Hall–Kier alpha value is -3.92. The second-order valence-electron chi connectivity index (χ2n) is 13.2. The van der Waals surface area contributed by atoms with Gasteiger partial charge < -0.3 is 25.6 Å². The maximum Gasteiger partial charge on any atom is 0.159 e. The summed E-state index contributed by atoms with van der Waals surface area (Å²) in [5.74, 6) is -0.00530. The lowest BCUT2D eigenvalue weighted by Crippen LogP contribution is -2.58. The van der Waals surface area contributed by atoms with Crippen LogP contribution in [0.1, 0.15) is 101 Å². The molecule has 270 valence electrons. The highest BCUT2D eigenvalue weighted by atomic mass is 32.1. The number of rotatable bonds is 12. The van der Waals surface area contributed by atoms with Gasteiger partial charge in [-0.3, -0.25) is 14.8 Å². The number of carbonyl (C=O) groups is 1. The molecule has 0 aliphatic carbocycles. The Morgan fingerprint density at radius 3 is 2.46 bits per heavy atom. The first kappa shape index (κ1) is 38.9. The first-order valence-corrected chi connectivity index (χ1v) is 18.4. The van der Waals surface area contributed by atoms with Crippen molar-refractivity contribution >= 4 is 38.0 Å². The molecule has 3 N–H and O–H groups in total. The van der Waals surface area contributed by atoms with Gasteiger partial charge in [-0.2, -0.15) is 5.26 Å². The van der Waals surface area contributed by atoms with E-state index in [4.69, 9.17) is 15.5 Å². The number of halogens is 2. The fourth-order valence-corrected chi connectivity index (χ4v) is 6.99. The lowest BCUT2D eigenvalue weighted by molar-refractivity contribution is -0.118. The van der Waals surface area contributed by atoms with Crippen LogP contribution < -0.4 is 11.1 Å². The number of nitrogen functional groups attached to an aromatic ring is 1. The highest BCUT2D eigenvalue weighted by Crippen LogP contribution is 2.44. The van der Waals surface area contributed by atoms with Crippen LogP contribution in [-0.2, 0) is 22.7 Å². The lowest BCUT2D eigenvalue weighted by atomic mass is 9.89. The van der Waals surface area contributed by atoms with Crippen LogP contribution in [0.5, 0.6) is 0 Å². The quantitative estimate of drug-likeness (QED) is 0.145. The minimum Gasteiger partial charge on any atom is -0.389 e. The number of amidine groups is 1. The second-order valence-corrected chi connectivity index (χ2v) is 14.2. The number of pyridine rings is 1. The number of Topliss-reactive ketones (excluding diaryl/α,β-unsaturated/α-hetero) is 1. The van der Waals surface area contributed by atoms with Crippen LogP contribution in [0.15, 0.2) is 23.1 Å². The van der Waals surface area contributed by atoms with E-state index in [-0.39, 0.29) is 56.5 Å². The van der Waals surface area contributed by atoms with Gasteiger partial charge in [-0.05, 0) is 63.6 Å². The lowest BCUT2D eigenvalue weighted by Gasteiger charge is -2.45. The molecule has 0 radical (unpaired) electrons. The molecule has 0 bridgehead atoms. The largest absolute Gasteiger partial charge is 0.389 e. The first-order valence-electron chi connectivity index (χ1n) is 17.6. The van der Waals surface area contributed by atoms with Gasteiger partial charge in [-0.15, -0.1) is 11.3 Å². The Morgan fingerprint density at radius 1 is 1.20 bits per heavy atom. The average Bonchev–Trinajstić information content (AvgIpc) is 3.67. The predicted octanol–water partition coefficient (Wildman–Crippen LogP) is 7.82. The van der Waals surface area contributed by atoms with Crippen LogP contribution in [0.3, 0.4) is 0 Å². The number of hydrogen-bond acceptors (Lipinski definition) is 9. The highest BCUT2D eigenvalue weighted by Gasteiger charge is 2.34. The number of nitrogens with two attached hydrogens (primary N) is 1. The number of unbranched alkanes of at least 4 members (excludes halogenated alkanes) is 2. The van der Waals surface area contributed by atoms with Crippen molar-refractivity contribution in [2.45, 2.75) is 105 Å². The van der Waals surface area contributed by atoms with Crippen LogP contribution in [0.4, 0.5) is 13.8 Å². The van der Waals surface area contributed by atoms with E-state index in [1.54, 1.807) is 6.92 Å². The van der Waals surface area contributed by atoms with Crippen LogP contribution in [0.2, 0.25) is 0 Å². The summed E-state index contributed by atoms with van der Waals surface area (Å²) in [5, 5.41) is 13.8. The number of benzene rings is 1. The number of likely N-dealkylation sites (tertiary alicyclic amines) is 1. The third-order valence-electron chi connectivity index (χ3n) is 9.29. The molecule has 1 atom stereocenters. The molecule has 5 rings (SSSR count). The van der Waals surface area contributed by atoms with Crippen molar-refractivity contribution in [1.29, 1.82) is 5.26 Å². The average molecular weight is 708 g/mol. The molecule has 2 aliphatic heterocycles. The molecule has 4 heterocycles. The Bertz CT molecular complexity index is 1800. The smallest absolute Gasteiger partial charge is 0.159 e. The molecule has 0 saturated carbocycles. The standard InChI is InChI=1S/C34H41F2N7O2S.C4H10/c1-7-9-11-26(43-14-20(15-43)42(5)6)41-34(40-25(10-8-2)19(4)44)27-18(3)30(36)28(23-17-45-16-22(23)27)31-29-21(12-37)33(38)46-32(29)24(35)13-39-31;1-3-4-2/h11,13,20,25H,7-10,14-17,38H2,1-6H3,(H,40,41);3-4H2,1-2H3/b26-11-;. The number of nitriles is 1. The van der Waals surface area contributed by atoms with Crippen LogP contribution in [0, 0.1) is 29.9 Å². The van der Waals surface area contributed by atoms with E-state index in [0.717, 1.165) is 55.7 Å². The summed E-state index contributed by atoms with van der Waals surface area (Å²) in [4.78, 5) is 26.5. The minimum atomic E-state index is -0.627. The Labute approximate surface area is 299 Å². The molecule has 50 heavy (non-hydrogen) atoms. The molecular formula is C38H51F2N7O2S. The van der Waals surface area contributed by atoms with Crippen molar-refractivity contribution in [2.24, 2.45) is 4.99 Å². The van der Waals surface area contributed by atoms with Gasteiger partial charge in [0.05, 0.1) is 35.4 Å². The summed E-state index contributed by atoms with van der Waals surface area (Å²) in [6.07, 6.45) is 8.87. The fraction of sp³-hybridized carbons (Fsp3) is 0.526. The van der Waals surface area contributed by atoms with Gasteiger partial charge in [-0.1, -0.05) is 53.4 Å². The van der Waals surface area contributed by atoms with Gasteiger partial charge in [0, 0.05) is 35.6 Å². The summed E-state index contributed by atoms with van der Waals surface area (Å²) in [5.41, 5.74) is 8.54. The number of allylic oxidation sites excluding steroid dienone is 1. The van der Waals surface area contributed by atoms with Gasteiger partial charge in [0.15, 0.2) is 11.6 Å². The Balaban J connectivity index is 0.00000133. The fourth-order valence-electron chi connectivity index (χ4n) is 6.07. The van der Waals surface area contributed by atoms with Crippen molar-refractivity contribution in [1.82, 2.24) is 20.1 Å². The van der Waals surface area contributed by atoms with Crippen molar-refractivity contribution in [3.63, 3.8) is 0 Å². The Kier molecular flexibility index (Phi) is 13.5. The van der Waals surface area contributed by atoms with Gasteiger partial charge in [0.25, 0.3) is 0 Å². The van der Waals surface area contributed by atoms with Gasteiger partial charge in [-0.25, -0.2) is 8.78 Å². The molecule has 1 saturated heterocycles.